The SMILES string of the molecule is CCCCCCCCCCCCOS(=O)(=O)[O-].OCC[N+](CCO)(CCO)CCO. The van der Waals surface area contributed by atoms with Crippen LogP contribution in [0, 0.1) is 0 Å². The van der Waals surface area contributed by atoms with Gasteiger partial charge >= 0.3 is 0 Å². The van der Waals surface area contributed by atoms with E-state index < -0.39 is 10.4 Å². The van der Waals surface area contributed by atoms with E-state index in [2.05, 4.69) is 11.1 Å². The molecule has 0 atom stereocenters. The molecule has 0 fully saturated rings. The second-order valence-electron chi connectivity index (χ2n) is 7.54. The van der Waals surface area contributed by atoms with Crippen LogP contribution >= 0.6 is 0 Å². The smallest absolute Gasteiger partial charge is 0.217 e. The Hall–Kier alpha value is -0.330. The van der Waals surface area contributed by atoms with Crippen molar-refractivity contribution in [1.29, 1.82) is 0 Å². The van der Waals surface area contributed by atoms with Gasteiger partial charge in [0.2, 0.25) is 10.4 Å². The molecule has 0 aromatic carbocycles. The van der Waals surface area contributed by atoms with Gasteiger partial charge in [-0.15, -0.1) is 0 Å². The molecule has 0 aromatic rings. The number of quaternary nitrogens is 1. The topological polar surface area (TPSA) is 147 Å². The van der Waals surface area contributed by atoms with Crippen molar-refractivity contribution in [2.75, 3.05) is 59.2 Å². The molecule has 9 nitrogen and oxygen atoms in total. The van der Waals surface area contributed by atoms with Gasteiger partial charge in [0.15, 0.2) is 0 Å². The summed E-state index contributed by atoms with van der Waals surface area (Å²) in [7, 11) is -4.48. The first-order chi connectivity index (χ1) is 14.3. The van der Waals surface area contributed by atoms with Gasteiger partial charge in [0.25, 0.3) is 0 Å². The van der Waals surface area contributed by atoms with E-state index in [0.717, 1.165) is 12.8 Å². The second-order valence-corrected chi connectivity index (χ2v) is 8.59. The molecule has 0 amide bonds. The van der Waals surface area contributed by atoms with Crippen LogP contribution in [0.4, 0.5) is 0 Å². The zero-order valence-electron chi connectivity index (χ0n) is 18.7. The van der Waals surface area contributed by atoms with Crippen LogP contribution in [0.25, 0.3) is 0 Å². The lowest BCUT2D eigenvalue weighted by molar-refractivity contribution is -0.929. The number of unbranched alkanes of at least 4 members (excludes halogenated alkanes) is 9. The highest BCUT2D eigenvalue weighted by atomic mass is 32.3. The largest absolute Gasteiger partial charge is 0.726 e. The van der Waals surface area contributed by atoms with Crippen molar-refractivity contribution in [3.05, 3.63) is 0 Å². The molecular formula is C20H45NO8S. The summed E-state index contributed by atoms with van der Waals surface area (Å²) in [6.45, 7) is 4.08. The van der Waals surface area contributed by atoms with Crippen molar-refractivity contribution in [1.82, 2.24) is 0 Å². The fourth-order valence-electron chi connectivity index (χ4n) is 3.27. The van der Waals surface area contributed by atoms with Crippen LogP contribution in [0.2, 0.25) is 0 Å². The van der Waals surface area contributed by atoms with Crippen LogP contribution in [0.5, 0.6) is 0 Å². The minimum Gasteiger partial charge on any atom is -0.726 e. The van der Waals surface area contributed by atoms with Crippen molar-refractivity contribution < 1.29 is 42.1 Å². The average molecular weight is 460 g/mol. The predicted octanol–water partition coefficient (Wildman–Crippen LogP) is 1.16. The number of hydrogen-bond acceptors (Lipinski definition) is 8. The summed E-state index contributed by atoms with van der Waals surface area (Å²) < 4.78 is 34.8. The van der Waals surface area contributed by atoms with Gasteiger partial charge in [-0.3, -0.25) is 4.18 Å². The summed E-state index contributed by atoms with van der Waals surface area (Å²) in [5.74, 6) is 0. The van der Waals surface area contributed by atoms with Crippen molar-refractivity contribution >= 4 is 10.4 Å². The molecule has 0 saturated heterocycles. The lowest BCUT2D eigenvalue weighted by Gasteiger charge is -2.36. The van der Waals surface area contributed by atoms with E-state index >= 15 is 0 Å². The minimum atomic E-state index is -4.48. The molecule has 184 valence electrons. The zero-order chi connectivity index (χ0) is 23.1. The quantitative estimate of drug-likeness (QED) is 0.0917. The predicted molar refractivity (Wildman–Crippen MR) is 116 cm³/mol. The van der Waals surface area contributed by atoms with Crippen LogP contribution in [0.15, 0.2) is 0 Å². The highest BCUT2D eigenvalue weighted by Gasteiger charge is 2.24. The standard InChI is InChI=1S/C12H26O4S.C8H20NO4/c1-2-3-4-5-6-7-8-9-10-11-12-16-17(13,14)15;10-5-1-9(2-6-11,3-7-12)4-8-13/h2-12H2,1H3,(H,13,14,15);10-13H,1-8H2/q;+1/p-1. The van der Waals surface area contributed by atoms with E-state index in [1.54, 1.807) is 0 Å². The molecule has 0 aliphatic carbocycles. The first-order valence-corrected chi connectivity index (χ1v) is 12.5. The van der Waals surface area contributed by atoms with Gasteiger partial charge in [0, 0.05) is 0 Å². The van der Waals surface area contributed by atoms with Crippen LogP contribution in [0.1, 0.15) is 71.1 Å². The molecule has 0 spiro atoms. The molecule has 0 unspecified atom stereocenters. The third-order valence-electron chi connectivity index (χ3n) is 5.02. The van der Waals surface area contributed by atoms with Gasteiger partial charge in [-0.25, -0.2) is 8.42 Å². The summed E-state index contributed by atoms with van der Waals surface area (Å²) in [5.41, 5.74) is 0. The number of rotatable bonds is 20. The van der Waals surface area contributed by atoms with Gasteiger partial charge in [-0.2, -0.15) is 0 Å². The third kappa shape index (κ3) is 22.4. The zero-order valence-corrected chi connectivity index (χ0v) is 19.5. The normalized spacial score (nSPS) is 11.9. The minimum absolute atomic E-state index is 0. The van der Waals surface area contributed by atoms with Gasteiger partial charge in [0.05, 0.1) is 33.0 Å². The maximum absolute atomic E-state index is 10.1. The van der Waals surface area contributed by atoms with E-state index in [4.69, 9.17) is 20.4 Å². The number of hydrogen-bond donors (Lipinski definition) is 4. The van der Waals surface area contributed by atoms with Crippen LogP contribution in [0.3, 0.4) is 0 Å². The highest BCUT2D eigenvalue weighted by molar-refractivity contribution is 7.80. The summed E-state index contributed by atoms with van der Waals surface area (Å²) in [6, 6.07) is 0. The maximum Gasteiger partial charge on any atom is 0.217 e. The summed E-state index contributed by atoms with van der Waals surface area (Å²) in [5, 5.41) is 35.3. The molecule has 0 heterocycles. The van der Waals surface area contributed by atoms with Crippen LogP contribution in [-0.4, -0.2) is 97.1 Å². The van der Waals surface area contributed by atoms with E-state index in [0.29, 0.717) is 37.1 Å². The van der Waals surface area contributed by atoms with Gasteiger partial charge in [-0.05, 0) is 6.42 Å². The number of aliphatic hydroxyl groups is 4. The van der Waals surface area contributed by atoms with Crippen molar-refractivity contribution in [2.24, 2.45) is 0 Å². The van der Waals surface area contributed by atoms with Crippen molar-refractivity contribution in [3.63, 3.8) is 0 Å². The molecule has 0 radical (unpaired) electrons. The maximum atomic E-state index is 10.1. The molecule has 0 bridgehead atoms. The highest BCUT2D eigenvalue weighted by Crippen LogP contribution is 2.10. The summed E-state index contributed by atoms with van der Waals surface area (Å²) >= 11 is 0. The van der Waals surface area contributed by atoms with E-state index in [9.17, 15) is 13.0 Å². The van der Waals surface area contributed by atoms with Crippen LogP contribution < -0.4 is 0 Å². The van der Waals surface area contributed by atoms with Crippen molar-refractivity contribution in [2.45, 2.75) is 71.1 Å². The van der Waals surface area contributed by atoms with E-state index in [1.165, 1.54) is 44.9 Å². The number of nitrogens with zero attached hydrogens (tertiary/aromatic N) is 1. The molecule has 0 aliphatic heterocycles. The van der Waals surface area contributed by atoms with E-state index in [1.807, 2.05) is 0 Å². The molecule has 0 aliphatic rings. The lowest BCUT2D eigenvalue weighted by Crippen LogP contribution is -2.54. The Bertz CT molecular complexity index is 419. The molecule has 4 N–H and O–H groups in total. The molecular weight excluding hydrogens is 414 g/mol. The average Bonchev–Trinajstić information content (AvgIpc) is 2.67. The monoisotopic (exact) mass is 459 g/mol. The molecule has 0 aromatic heterocycles. The fourth-order valence-corrected chi connectivity index (χ4v) is 3.59. The van der Waals surface area contributed by atoms with Gasteiger partial charge in [0.1, 0.15) is 26.2 Å². The lowest BCUT2D eigenvalue weighted by atomic mass is 10.1. The Morgan fingerprint density at radius 2 is 1.00 bits per heavy atom. The third-order valence-corrected chi connectivity index (χ3v) is 5.48. The Morgan fingerprint density at radius 1 is 0.667 bits per heavy atom. The first-order valence-electron chi connectivity index (χ1n) is 11.2. The van der Waals surface area contributed by atoms with E-state index in [-0.39, 0.29) is 33.0 Å². The Morgan fingerprint density at radius 3 is 1.30 bits per heavy atom. The summed E-state index contributed by atoms with van der Waals surface area (Å²) in [4.78, 5) is 0. The van der Waals surface area contributed by atoms with Gasteiger partial charge < -0.3 is 29.5 Å². The molecule has 30 heavy (non-hydrogen) atoms. The fraction of sp³-hybridized carbons (Fsp3) is 1.00. The second kappa shape index (κ2) is 21.9. The van der Waals surface area contributed by atoms with Crippen LogP contribution in [-0.2, 0) is 14.6 Å². The Labute approximate surface area is 183 Å². The Kier molecular flexibility index (Phi) is 23.2. The molecule has 10 heteroatoms. The van der Waals surface area contributed by atoms with Crippen molar-refractivity contribution in [3.8, 4) is 0 Å². The molecule has 0 saturated carbocycles. The Balaban J connectivity index is 0. The number of aliphatic hydroxyl groups excluding tert-OH is 4. The molecule has 0 rings (SSSR count). The summed E-state index contributed by atoms with van der Waals surface area (Å²) in [6.07, 6.45) is 11.7. The van der Waals surface area contributed by atoms with Gasteiger partial charge in [-0.1, -0.05) is 64.7 Å². The first kappa shape index (κ1) is 31.9.